The monoisotopic (exact) mass is 398 g/mol. The minimum absolute atomic E-state index is 0.0496. The van der Waals surface area contributed by atoms with Crippen LogP contribution in [0, 0.1) is 5.82 Å². The van der Waals surface area contributed by atoms with Crippen LogP contribution in [0.3, 0.4) is 0 Å². The zero-order chi connectivity index (χ0) is 20.2. The topological polar surface area (TPSA) is 96.2 Å². The van der Waals surface area contributed by atoms with E-state index in [1.807, 2.05) is 12.1 Å². The lowest BCUT2D eigenvalue weighted by atomic mass is 9.90. The summed E-state index contributed by atoms with van der Waals surface area (Å²) in [6.45, 7) is 3.63. The lowest BCUT2D eigenvalue weighted by Gasteiger charge is -2.28. The molecule has 1 amide bonds. The molecule has 4 rings (SSSR count). The molecule has 2 fully saturated rings. The van der Waals surface area contributed by atoms with Crippen molar-refractivity contribution in [3.63, 3.8) is 0 Å². The van der Waals surface area contributed by atoms with Gasteiger partial charge in [0.2, 0.25) is 0 Å². The summed E-state index contributed by atoms with van der Waals surface area (Å²) in [4.78, 5) is 22.8. The Morgan fingerprint density at radius 3 is 2.66 bits per heavy atom. The van der Waals surface area contributed by atoms with E-state index in [9.17, 15) is 9.18 Å². The van der Waals surface area contributed by atoms with Gasteiger partial charge in [0, 0.05) is 18.8 Å². The summed E-state index contributed by atoms with van der Waals surface area (Å²) in [5.74, 6) is 0.270. The molecule has 0 spiro atoms. The highest BCUT2D eigenvalue weighted by molar-refractivity contribution is 5.96. The van der Waals surface area contributed by atoms with E-state index in [0.29, 0.717) is 11.5 Å². The summed E-state index contributed by atoms with van der Waals surface area (Å²) >= 11 is 0. The summed E-state index contributed by atoms with van der Waals surface area (Å²) in [7, 11) is 0. The van der Waals surface area contributed by atoms with Crippen molar-refractivity contribution in [1.29, 1.82) is 0 Å². The third-order valence-corrected chi connectivity index (χ3v) is 5.72. The van der Waals surface area contributed by atoms with Gasteiger partial charge >= 0.3 is 0 Å². The molecule has 4 N–H and O–H groups in total. The first-order chi connectivity index (χ1) is 14.1. The number of primary amides is 1. The lowest BCUT2D eigenvalue weighted by Crippen LogP contribution is -2.31. The van der Waals surface area contributed by atoms with Crippen molar-refractivity contribution in [2.75, 3.05) is 36.4 Å². The molecule has 7 nitrogen and oxygen atoms in total. The summed E-state index contributed by atoms with van der Waals surface area (Å²) < 4.78 is 14.8. The normalized spacial score (nSPS) is 17.9. The zero-order valence-electron chi connectivity index (χ0n) is 16.5. The summed E-state index contributed by atoms with van der Waals surface area (Å²) in [6.07, 6.45) is 6.85. The van der Waals surface area contributed by atoms with Crippen molar-refractivity contribution in [3.8, 4) is 0 Å². The molecule has 2 aromatic rings. The van der Waals surface area contributed by atoms with Crippen LogP contribution >= 0.6 is 0 Å². The number of hydrogen-bond acceptors (Lipinski definition) is 6. The van der Waals surface area contributed by atoms with Crippen LogP contribution in [0.2, 0.25) is 0 Å². The fraction of sp³-hybridized carbons (Fsp3) is 0.476. The Morgan fingerprint density at radius 1 is 1.21 bits per heavy atom. The SMILES string of the molecule is NC(=O)c1ncc(N2CCCCC2)nc1Nc1ccc(C2CCNCC2)c(F)c1. The predicted octanol–water partition coefficient (Wildman–Crippen LogP) is 2.92. The van der Waals surface area contributed by atoms with Gasteiger partial charge in [-0.3, -0.25) is 4.79 Å². The van der Waals surface area contributed by atoms with E-state index in [1.165, 1.54) is 12.5 Å². The zero-order valence-corrected chi connectivity index (χ0v) is 16.5. The van der Waals surface area contributed by atoms with Gasteiger partial charge in [-0.2, -0.15) is 0 Å². The van der Waals surface area contributed by atoms with Gasteiger partial charge in [0.15, 0.2) is 11.5 Å². The van der Waals surface area contributed by atoms with Crippen LogP contribution in [-0.2, 0) is 0 Å². The van der Waals surface area contributed by atoms with E-state index in [4.69, 9.17) is 5.73 Å². The molecule has 2 saturated heterocycles. The number of aromatic nitrogens is 2. The second kappa shape index (κ2) is 8.73. The fourth-order valence-electron chi connectivity index (χ4n) is 4.13. The first kappa shape index (κ1) is 19.6. The maximum absolute atomic E-state index is 14.8. The number of nitrogens with one attached hydrogen (secondary N) is 2. The molecule has 0 saturated carbocycles. The average Bonchev–Trinajstić information content (AvgIpc) is 2.75. The Bertz CT molecular complexity index is 877. The molecule has 1 aromatic carbocycles. The molecule has 0 unspecified atom stereocenters. The standard InChI is InChI=1S/C21H27FN6O/c22-17-12-15(4-5-16(17)14-6-8-24-9-7-14)26-21-19(20(23)29)25-13-18(27-21)28-10-2-1-3-11-28/h4-5,12-14,24H,1-3,6-11H2,(H2,23,29)(H,26,27). The van der Waals surface area contributed by atoms with Crippen LogP contribution in [0.5, 0.6) is 0 Å². The number of nitrogens with zero attached hydrogens (tertiary/aromatic N) is 3. The van der Waals surface area contributed by atoms with E-state index in [1.54, 1.807) is 6.20 Å². The molecule has 2 aliphatic rings. The van der Waals surface area contributed by atoms with E-state index in [-0.39, 0.29) is 23.2 Å². The third kappa shape index (κ3) is 4.48. The third-order valence-electron chi connectivity index (χ3n) is 5.72. The van der Waals surface area contributed by atoms with Crippen molar-refractivity contribution in [3.05, 3.63) is 41.5 Å². The van der Waals surface area contributed by atoms with Crippen LogP contribution < -0.4 is 21.3 Å². The van der Waals surface area contributed by atoms with Crippen molar-refractivity contribution < 1.29 is 9.18 Å². The number of carbonyl (C=O) groups is 1. The highest BCUT2D eigenvalue weighted by atomic mass is 19.1. The summed E-state index contributed by atoms with van der Waals surface area (Å²) in [6, 6.07) is 5.09. The number of hydrogen-bond donors (Lipinski definition) is 3. The minimum atomic E-state index is -0.669. The predicted molar refractivity (Wildman–Crippen MR) is 111 cm³/mol. The lowest BCUT2D eigenvalue weighted by molar-refractivity contribution is 0.0996. The van der Waals surface area contributed by atoms with Crippen LogP contribution in [0.4, 0.5) is 21.7 Å². The van der Waals surface area contributed by atoms with E-state index >= 15 is 0 Å². The number of rotatable bonds is 5. The molecule has 2 aliphatic heterocycles. The maximum Gasteiger partial charge on any atom is 0.271 e. The van der Waals surface area contributed by atoms with E-state index in [0.717, 1.165) is 57.4 Å². The fourth-order valence-corrected chi connectivity index (χ4v) is 4.13. The largest absolute Gasteiger partial charge is 0.364 e. The number of anilines is 3. The number of piperidine rings is 2. The Kier molecular flexibility index (Phi) is 5.89. The Labute approximate surface area is 169 Å². The van der Waals surface area contributed by atoms with E-state index in [2.05, 4.69) is 25.5 Å². The van der Waals surface area contributed by atoms with Crippen LogP contribution in [-0.4, -0.2) is 42.1 Å². The van der Waals surface area contributed by atoms with Gasteiger partial charge in [0.25, 0.3) is 5.91 Å². The molecule has 29 heavy (non-hydrogen) atoms. The number of benzene rings is 1. The smallest absolute Gasteiger partial charge is 0.271 e. The van der Waals surface area contributed by atoms with Crippen LogP contribution in [0.15, 0.2) is 24.4 Å². The number of amides is 1. The van der Waals surface area contributed by atoms with Crippen molar-refractivity contribution in [2.24, 2.45) is 5.73 Å². The molecule has 3 heterocycles. The van der Waals surface area contributed by atoms with Crippen LogP contribution in [0.1, 0.15) is 54.1 Å². The van der Waals surface area contributed by atoms with Crippen molar-refractivity contribution >= 4 is 23.2 Å². The quantitative estimate of drug-likeness (QED) is 0.717. The van der Waals surface area contributed by atoms with Crippen molar-refractivity contribution in [2.45, 2.75) is 38.0 Å². The average molecular weight is 398 g/mol. The van der Waals surface area contributed by atoms with Gasteiger partial charge in [0.1, 0.15) is 11.6 Å². The summed E-state index contributed by atoms with van der Waals surface area (Å²) in [5.41, 5.74) is 6.78. The highest BCUT2D eigenvalue weighted by Gasteiger charge is 2.20. The Balaban J connectivity index is 1.58. The second-order valence-electron chi connectivity index (χ2n) is 7.72. The van der Waals surface area contributed by atoms with Gasteiger partial charge in [-0.25, -0.2) is 14.4 Å². The molecule has 154 valence electrons. The van der Waals surface area contributed by atoms with Gasteiger partial charge in [-0.05, 0) is 68.8 Å². The molecular weight excluding hydrogens is 371 g/mol. The van der Waals surface area contributed by atoms with Gasteiger partial charge in [-0.1, -0.05) is 6.07 Å². The van der Waals surface area contributed by atoms with Crippen molar-refractivity contribution in [1.82, 2.24) is 15.3 Å². The first-order valence-corrected chi connectivity index (χ1v) is 10.3. The molecular formula is C21H27FN6O. The van der Waals surface area contributed by atoms with Crippen LogP contribution in [0.25, 0.3) is 0 Å². The van der Waals surface area contributed by atoms with E-state index < -0.39 is 5.91 Å². The highest BCUT2D eigenvalue weighted by Crippen LogP contribution is 2.30. The minimum Gasteiger partial charge on any atom is -0.364 e. The number of halogens is 1. The molecule has 1 aromatic heterocycles. The first-order valence-electron chi connectivity index (χ1n) is 10.3. The van der Waals surface area contributed by atoms with Gasteiger partial charge in [0.05, 0.1) is 6.20 Å². The Morgan fingerprint density at radius 2 is 1.97 bits per heavy atom. The Hall–Kier alpha value is -2.74. The van der Waals surface area contributed by atoms with Gasteiger partial charge < -0.3 is 21.3 Å². The second-order valence-corrected chi connectivity index (χ2v) is 7.72. The summed E-state index contributed by atoms with van der Waals surface area (Å²) in [5, 5.41) is 6.35. The molecule has 0 bridgehead atoms. The van der Waals surface area contributed by atoms with Gasteiger partial charge in [-0.15, -0.1) is 0 Å². The molecule has 0 radical (unpaired) electrons. The maximum atomic E-state index is 14.8. The molecule has 0 atom stereocenters. The number of nitrogens with two attached hydrogens (primary N) is 1. The number of carbonyl (C=O) groups excluding carboxylic acids is 1. The molecule has 0 aliphatic carbocycles. The molecule has 8 heteroatoms.